The van der Waals surface area contributed by atoms with E-state index >= 15 is 0 Å². The van der Waals surface area contributed by atoms with Gasteiger partial charge in [-0.25, -0.2) is 4.39 Å². The number of halogens is 2. The smallest absolute Gasteiger partial charge is 0.124 e. The average molecular weight is 300 g/mol. The number of benzene rings is 1. The number of hydrogen-bond donors (Lipinski definition) is 1. The Balaban J connectivity index is 2.00. The molecule has 1 nitrogen and oxygen atoms in total. The van der Waals surface area contributed by atoms with Crippen molar-refractivity contribution in [2.75, 3.05) is 0 Å². The molecule has 1 aliphatic carbocycles. The van der Waals surface area contributed by atoms with E-state index in [2.05, 4.69) is 15.9 Å². The van der Waals surface area contributed by atoms with Crippen LogP contribution in [0.15, 0.2) is 22.7 Å². The first-order chi connectivity index (χ1) is 8.16. The summed E-state index contributed by atoms with van der Waals surface area (Å²) < 4.78 is 13.8. The number of nitrogens with two attached hydrogens (primary N) is 1. The van der Waals surface area contributed by atoms with Gasteiger partial charge in [-0.15, -0.1) is 0 Å². The Morgan fingerprint density at radius 1 is 1.29 bits per heavy atom. The average Bonchev–Trinajstić information content (AvgIpc) is 2.30. The molecule has 1 fully saturated rings. The number of hydrogen-bond acceptors (Lipinski definition) is 1. The van der Waals surface area contributed by atoms with Crippen LogP contribution in [0, 0.1) is 11.7 Å². The molecule has 2 N–H and O–H groups in total. The molecule has 1 aromatic carbocycles. The van der Waals surface area contributed by atoms with E-state index < -0.39 is 0 Å². The third kappa shape index (κ3) is 3.52. The highest BCUT2D eigenvalue weighted by atomic mass is 79.9. The van der Waals surface area contributed by atoms with Crippen molar-refractivity contribution in [2.24, 2.45) is 11.7 Å². The molecule has 1 atom stereocenters. The summed E-state index contributed by atoms with van der Waals surface area (Å²) in [4.78, 5) is 0. The summed E-state index contributed by atoms with van der Waals surface area (Å²) >= 11 is 3.39. The molecule has 1 aliphatic rings. The Kier molecular flexibility index (Phi) is 4.57. The van der Waals surface area contributed by atoms with Crippen LogP contribution in [0.3, 0.4) is 0 Å². The lowest BCUT2D eigenvalue weighted by Gasteiger charge is -2.25. The molecule has 0 radical (unpaired) electrons. The van der Waals surface area contributed by atoms with Crippen molar-refractivity contribution >= 4 is 15.9 Å². The monoisotopic (exact) mass is 299 g/mol. The second-order valence-electron chi connectivity index (χ2n) is 5.01. The van der Waals surface area contributed by atoms with Gasteiger partial charge in [0.2, 0.25) is 0 Å². The minimum absolute atomic E-state index is 0.0214. The van der Waals surface area contributed by atoms with Crippen LogP contribution in [-0.2, 0) is 0 Å². The quantitative estimate of drug-likeness (QED) is 0.870. The largest absolute Gasteiger partial charge is 0.324 e. The fourth-order valence-corrected chi connectivity index (χ4v) is 3.36. The van der Waals surface area contributed by atoms with Crippen molar-refractivity contribution < 1.29 is 4.39 Å². The molecular formula is C14H19BrFN. The van der Waals surface area contributed by atoms with E-state index in [-0.39, 0.29) is 11.9 Å². The van der Waals surface area contributed by atoms with Gasteiger partial charge in [-0.3, -0.25) is 0 Å². The molecule has 1 unspecified atom stereocenters. The molecule has 94 valence electrons. The fraction of sp³-hybridized carbons (Fsp3) is 0.571. The van der Waals surface area contributed by atoms with Crippen molar-refractivity contribution in [1.29, 1.82) is 0 Å². The Morgan fingerprint density at radius 3 is 2.65 bits per heavy atom. The zero-order valence-electron chi connectivity index (χ0n) is 9.96. The summed E-state index contributed by atoms with van der Waals surface area (Å²) in [6.45, 7) is 0. The minimum Gasteiger partial charge on any atom is -0.324 e. The molecule has 1 saturated carbocycles. The van der Waals surface area contributed by atoms with Crippen molar-refractivity contribution in [1.82, 2.24) is 0 Å². The molecular weight excluding hydrogens is 281 g/mol. The first kappa shape index (κ1) is 13.0. The zero-order chi connectivity index (χ0) is 12.3. The van der Waals surface area contributed by atoms with Crippen molar-refractivity contribution in [2.45, 2.75) is 44.6 Å². The lowest BCUT2D eigenvalue weighted by Crippen LogP contribution is -2.17. The van der Waals surface area contributed by atoms with Gasteiger partial charge in [-0.05, 0) is 30.0 Å². The summed E-state index contributed by atoms with van der Waals surface area (Å²) in [5.74, 6) is 0.529. The first-order valence-electron chi connectivity index (χ1n) is 6.37. The molecule has 3 heteroatoms. The van der Waals surface area contributed by atoms with Gasteiger partial charge in [-0.2, -0.15) is 0 Å². The minimum atomic E-state index is -0.217. The molecule has 17 heavy (non-hydrogen) atoms. The third-order valence-electron chi connectivity index (χ3n) is 3.67. The highest BCUT2D eigenvalue weighted by molar-refractivity contribution is 9.10. The van der Waals surface area contributed by atoms with Crippen LogP contribution in [0.25, 0.3) is 0 Å². The molecule has 1 aromatic rings. The van der Waals surface area contributed by atoms with E-state index in [9.17, 15) is 4.39 Å². The van der Waals surface area contributed by atoms with Crippen LogP contribution >= 0.6 is 15.9 Å². The van der Waals surface area contributed by atoms with Gasteiger partial charge < -0.3 is 5.73 Å². The lowest BCUT2D eigenvalue weighted by molar-refractivity contribution is 0.319. The summed E-state index contributed by atoms with van der Waals surface area (Å²) in [6, 6.07) is 4.80. The molecule has 2 rings (SSSR count). The summed E-state index contributed by atoms with van der Waals surface area (Å²) in [6.07, 6.45) is 7.65. The third-order valence-corrected chi connectivity index (χ3v) is 4.36. The molecule has 0 amide bonds. The maximum Gasteiger partial charge on any atom is 0.124 e. The van der Waals surface area contributed by atoms with E-state index in [1.165, 1.54) is 44.2 Å². The second kappa shape index (κ2) is 5.96. The summed E-state index contributed by atoms with van der Waals surface area (Å²) in [5.41, 5.74) is 7.25. The van der Waals surface area contributed by atoms with Crippen LogP contribution in [-0.4, -0.2) is 0 Å². The Morgan fingerprint density at radius 2 is 2.00 bits per heavy atom. The molecule has 0 bridgehead atoms. The highest BCUT2D eigenvalue weighted by Crippen LogP contribution is 2.33. The Hall–Kier alpha value is -0.410. The highest BCUT2D eigenvalue weighted by Gasteiger charge is 2.19. The standard InChI is InChI=1S/C14H19BrFN/c15-13-9-11(16)6-7-12(13)14(17)8-10-4-2-1-3-5-10/h6-7,9-10,14H,1-5,8,17H2. The van der Waals surface area contributed by atoms with Gasteiger partial charge in [-0.1, -0.05) is 54.1 Å². The molecule has 0 heterocycles. The van der Waals surface area contributed by atoms with Crippen molar-refractivity contribution in [3.05, 3.63) is 34.1 Å². The Bertz CT molecular complexity index is 374. The summed E-state index contributed by atoms with van der Waals surface area (Å²) in [7, 11) is 0. The summed E-state index contributed by atoms with van der Waals surface area (Å²) in [5, 5.41) is 0. The SMILES string of the molecule is NC(CC1CCCCC1)c1ccc(F)cc1Br. The van der Waals surface area contributed by atoms with E-state index in [4.69, 9.17) is 5.73 Å². The molecule has 0 spiro atoms. The first-order valence-corrected chi connectivity index (χ1v) is 7.16. The van der Waals surface area contributed by atoms with Gasteiger partial charge in [0.15, 0.2) is 0 Å². The van der Waals surface area contributed by atoms with Gasteiger partial charge in [0.25, 0.3) is 0 Å². The van der Waals surface area contributed by atoms with Crippen LogP contribution < -0.4 is 5.73 Å². The molecule has 0 aliphatic heterocycles. The van der Waals surface area contributed by atoms with Crippen LogP contribution in [0.1, 0.15) is 50.1 Å². The predicted octanol–water partition coefficient (Wildman–Crippen LogP) is 4.56. The van der Waals surface area contributed by atoms with Gasteiger partial charge in [0.1, 0.15) is 5.82 Å². The fourth-order valence-electron chi connectivity index (χ4n) is 2.71. The zero-order valence-corrected chi connectivity index (χ0v) is 11.5. The van der Waals surface area contributed by atoms with Crippen molar-refractivity contribution in [3.63, 3.8) is 0 Å². The van der Waals surface area contributed by atoms with Crippen LogP contribution in [0.5, 0.6) is 0 Å². The van der Waals surface area contributed by atoms with Gasteiger partial charge in [0.05, 0.1) is 0 Å². The van der Waals surface area contributed by atoms with E-state index in [0.717, 1.165) is 22.4 Å². The molecule has 0 saturated heterocycles. The maximum absolute atomic E-state index is 13.0. The van der Waals surface area contributed by atoms with E-state index in [0.29, 0.717) is 0 Å². The predicted molar refractivity (Wildman–Crippen MR) is 72.2 cm³/mol. The normalized spacial score (nSPS) is 19.2. The van der Waals surface area contributed by atoms with Crippen LogP contribution in [0.4, 0.5) is 4.39 Å². The van der Waals surface area contributed by atoms with Crippen LogP contribution in [0.2, 0.25) is 0 Å². The van der Waals surface area contributed by atoms with E-state index in [1.54, 1.807) is 6.07 Å². The van der Waals surface area contributed by atoms with Gasteiger partial charge >= 0.3 is 0 Å². The second-order valence-corrected chi connectivity index (χ2v) is 5.87. The molecule has 0 aromatic heterocycles. The lowest BCUT2D eigenvalue weighted by atomic mass is 9.83. The van der Waals surface area contributed by atoms with Gasteiger partial charge in [0, 0.05) is 10.5 Å². The maximum atomic E-state index is 13.0. The van der Waals surface area contributed by atoms with Crippen molar-refractivity contribution in [3.8, 4) is 0 Å². The number of rotatable bonds is 3. The topological polar surface area (TPSA) is 26.0 Å². The Labute approximate surface area is 111 Å². The van der Waals surface area contributed by atoms with E-state index in [1.807, 2.05) is 0 Å².